The molecule has 0 bridgehead atoms. The first-order valence-corrected chi connectivity index (χ1v) is 5.42. The second-order valence-corrected chi connectivity index (χ2v) is 4.15. The molecule has 2 N–H and O–H groups in total. The van der Waals surface area contributed by atoms with Crippen molar-refractivity contribution < 1.29 is 0 Å². The fourth-order valence-corrected chi connectivity index (χ4v) is 2.05. The lowest BCUT2D eigenvalue weighted by atomic mass is 9.99. The van der Waals surface area contributed by atoms with Crippen molar-refractivity contribution in [3.05, 3.63) is 41.2 Å². The van der Waals surface area contributed by atoms with Crippen molar-refractivity contribution >= 4 is 0 Å². The highest BCUT2D eigenvalue weighted by atomic mass is 15.3. The van der Waals surface area contributed by atoms with Crippen LogP contribution >= 0.6 is 0 Å². The molecule has 0 unspecified atom stereocenters. The Kier molecular flexibility index (Phi) is 2.79. The molecule has 0 saturated carbocycles. The van der Waals surface area contributed by atoms with E-state index in [1.54, 1.807) is 0 Å². The van der Waals surface area contributed by atoms with Gasteiger partial charge in [-0.1, -0.05) is 23.8 Å². The van der Waals surface area contributed by atoms with Crippen molar-refractivity contribution in [1.29, 1.82) is 0 Å². The second kappa shape index (κ2) is 4.10. The largest absolute Gasteiger partial charge is 0.325 e. The topological polar surface area (TPSA) is 43.8 Å². The summed E-state index contributed by atoms with van der Waals surface area (Å²) in [6.45, 7) is 4.73. The number of aromatic nitrogens is 2. The quantitative estimate of drug-likeness (QED) is 0.834. The minimum atomic E-state index is 0.513. The van der Waals surface area contributed by atoms with Gasteiger partial charge in [-0.05, 0) is 25.0 Å². The Hall–Kier alpha value is -1.61. The molecule has 1 heterocycles. The fourth-order valence-electron chi connectivity index (χ4n) is 2.05. The van der Waals surface area contributed by atoms with Crippen LogP contribution in [0.5, 0.6) is 0 Å². The predicted octanol–water partition coefficient (Wildman–Crippen LogP) is 2.16. The SMILES string of the molecule is Cc1ccc(-c2cnn(C)c2CN)c(C)c1. The van der Waals surface area contributed by atoms with E-state index in [4.69, 9.17) is 5.73 Å². The summed E-state index contributed by atoms with van der Waals surface area (Å²) in [5, 5.41) is 4.26. The summed E-state index contributed by atoms with van der Waals surface area (Å²) in [6, 6.07) is 6.44. The van der Waals surface area contributed by atoms with Crippen LogP contribution in [0.1, 0.15) is 16.8 Å². The molecule has 0 atom stereocenters. The summed E-state index contributed by atoms with van der Waals surface area (Å²) in [5.74, 6) is 0. The van der Waals surface area contributed by atoms with Crippen LogP contribution in [0.2, 0.25) is 0 Å². The lowest BCUT2D eigenvalue weighted by molar-refractivity contribution is 0.713. The van der Waals surface area contributed by atoms with Crippen LogP contribution in [0, 0.1) is 13.8 Å². The average molecular weight is 215 g/mol. The molecular weight excluding hydrogens is 198 g/mol. The highest BCUT2D eigenvalue weighted by molar-refractivity contribution is 5.69. The third-order valence-electron chi connectivity index (χ3n) is 2.93. The van der Waals surface area contributed by atoms with Gasteiger partial charge in [-0.25, -0.2) is 0 Å². The summed E-state index contributed by atoms with van der Waals surface area (Å²) in [4.78, 5) is 0. The smallest absolute Gasteiger partial charge is 0.0595 e. The minimum Gasteiger partial charge on any atom is -0.325 e. The summed E-state index contributed by atoms with van der Waals surface area (Å²) in [5.41, 5.74) is 11.7. The third-order valence-corrected chi connectivity index (χ3v) is 2.93. The van der Waals surface area contributed by atoms with Crippen LogP contribution in [0.25, 0.3) is 11.1 Å². The Balaban J connectivity index is 2.58. The van der Waals surface area contributed by atoms with Gasteiger partial charge in [0, 0.05) is 19.2 Å². The molecule has 84 valence electrons. The highest BCUT2D eigenvalue weighted by Crippen LogP contribution is 2.26. The van der Waals surface area contributed by atoms with Gasteiger partial charge in [-0.15, -0.1) is 0 Å². The molecule has 0 amide bonds. The molecule has 3 nitrogen and oxygen atoms in total. The van der Waals surface area contributed by atoms with Crippen LogP contribution in [-0.4, -0.2) is 9.78 Å². The molecule has 0 fully saturated rings. The third kappa shape index (κ3) is 1.74. The summed E-state index contributed by atoms with van der Waals surface area (Å²) in [7, 11) is 1.93. The zero-order valence-electron chi connectivity index (χ0n) is 9.99. The van der Waals surface area contributed by atoms with E-state index < -0.39 is 0 Å². The van der Waals surface area contributed by atoms with Gasteiger partial charge in [0.25, 0.3) is 0 Å². The average Bonchev–Trinajstić information content (AvgIpc) is 2.59. The summed E-state index contributed by atoms with van der Waals surface area (Å²) >= 11 is 0. The highest BCUT2D eigenvalue weighted by Gasteiger charge is 2.10. The van der Waals surface area contributed by atoms with Gasteiger partial charge in [-0.3, -0.25) is 4.68 Å². The molecule has 0 aliphatic carbocycles. The molecule has 1 aromatic heterocycles. The van der Waals surface area contributed by atoms with E-state index in [0.717, 1.165) is 11.3 Å². The molecule has 3 heteroatoms. The van der Waals surface area contributed by atoms with Crippen LogP contribution in [0.4, 0.5) is 0 Å². The Morgan fingerprint density at radius 2 is 2.00 bits per heavy atom. The number of benzene rings is 1. The first-order chi connectivity index (χ1) is 7.63. The van der Waals surface area contributed by atoms with Gasteiger partial charge in [0.2, 0.25) is 0 Å². The molecule has 0 radical (unpaired) electrons. The van der Waals surface area contributed by atoms with Crippen molar-refractivity contribution in [3.8, 4) is 11.1 Å². The Bertz CT molecular complexity index is 512. The van der Waals surface area contributed by atoms with E-state index in [1.807, 2.05) is 17.9 Å². The van der Waals surface area contributed by atoms with Crippen molar-refractivity contribution in [2.24, 2.45) is 12.8 Å². The zero-order valence-corrected chi connectivity index (χ0v) is 9.99. The van der Waals surface area contributed by atoms with Crippen LogP contribution in [0.3, 0.4) is 0 Å². The van der Waals surface area contributed by atoms with Gasteiger partial charge >= 0.3 is 0 Å². The molecule has 2 rings (SSSR count). The van der Waals surface area contributed by atoms with E-state index in [2.05, 4.69) is 37.1 Å². The Morgan fingerprint density at radius 3 is 2.62 bits per heavy atom. The molecular formula is C13H17N3. The number of nitrogens with zero attached hydrogens (tertiary/aromatic N) is 2. The first-order valence-electron chi connectivity index (χ1n) is 5.42. The number of hydrogen-bond acceptors (Lipinski definition) is 2. The second-order valence-electron chi connectivity index (χ2n) is 4.15. The molecule has 1 aromatic carbocycles. The van der Waals surface area contributed by atoms with Crippen LogP contribution in [-0.2, 0) is 13.6 Å². The van der Waals surface area contributed by atoms with E-state index in [1.165, 1.54) is 16.7 Å². The first kappa shape index (κ1) is 10.9. The van der Waals surface area contributed by atoms with Crippen molar-refractivity contribution in [3.63, 3.8) is 0 Å². The monoisotopic (exact) mass is 215 g/mol. The Labute approximate surface area is 95.9 Å². The van der Waals surface area contributed by atoms with Crippen molar-refractivity contribution in [2.75, 3.05) is 0 Å². The maximum absolute atomic E-state index is 5.75. The number of hydrogen-bond donors (Lipinski definition) is 1. The Morgan fingerprint density at radius 1 is 1.25 bits per heavy atom. The van der Waals surface area contributed by atoms with E-state index >= 15 is 0 Å². The fraction of sp³-hybridized carbons (Fsp3) is 0.308. The van der Waals surface area contributed by atoms with Gasteiger partial charge in [0.15, 0.2) is 0 Å². The van der Waals surface area contributed by atoms with E-state index in [0.29, 0.717) is 6.54 Å². The number of aryl methyl sites for hydroxylation is 3. The van der Waals surface area contributed by atoms with Crippen molar-refractivity contribution in [2.45, 2.75) is 20.4 Å². The van der Waals surface area contributed by atoms with Gasteiger partial charge in [0.1, 0.15) is 0 Å². The van der Waals surface area contributed by atoms with E-state index in [9.17, 15) is 0 Å². The van der Waals surface area contributed by atoms with Gasteiger partial charge in [0.05, 0.1) is 11.9 Å². The molecule has 2 aromatic rings. The molecule has 16 heavy (non-hydrogen) atoms. The molecule has 0 saturated heterocycles. The lowest BCUT2D eigenvalue weighted by Crippen LogP contribution is -2.05. The molecule has 0 aliphatic heterocycles. The van der Waals surface area contributed by atoms with Crippen LogP contribution in [0.15, 0.2) is 24.4 Å². The maximum Gasteiger partial charge on any atom is 0.0595 e. The summed E-state index contributed by atoms with van der Waals surface area (Å²) in [6.07, 6.45) is 1.89. The van der Waals surface area contributed by atoms with Gasteiger partial charge in [-0.2, -0.15) is 5.10 Å². The maximum atomic E-state index is 5.75. The van der Waals surface area contributed by atoms with Crippen LogP contribution < -0.4 is 5.73 Å². The molecule has 0 spiro atoms. The van der Waals surface area contributed by atoms with Crippen molar-refractivity contribution in [1.82, 2.24) is 9.78 Å². The zero-order chi connectivity index (χ0) is 11.7. The number of nitrogens with two attached hydrogens (primary N) is 1. The van der Waals surface area contributed by atoms with E-state index in [-0.39, 0.29) is 0 Å². The lowest BCUT2D eigenvalue weighted by Gasteiger charge is -2.07. The normalized spacial score (nSPS) is 10.8. The molecule has 0 aliphatic rings. The van der Waals surface area contributed by atoms with Gasteiger partial charge < -0.3 is 5.73 Å². The standard InChI is InChI=1S/C13H17N3/c1-9-4-5-11(10(2)6-9)12-8-15-16(3)13(12)7-14/h4-6,8H,7,14H2,1-3H3. The number of rotatable bonds is 2. The predicted molar refractivity (Wildman–Crippen MR) is 66.0 cm³/mol. The minimum absolute atomic E-state index is 0.513. The summed E-state index contributed by atoms with van der Waals surface area (Å²) < 4.78 is 1.84.